The molecule has 4 rings (SSSR count). The Bertz CT molecular complexity index is 897. The highest BCUT2D eigenvalue weighted by molar-refractivity contribution is 5.92. The Morgan fingerprint density at radius 1 is 1.00 bits per heavy atom. The van der Waals surface area contributed by atoms with Gasteiger partial charge >= 0.3 is 0 Å². The third-order valence-corrected chi connectivity index (χ3v) is 7.64. The number of hydrogen-bond donors (Lipinski definition) is 0. The molecular formula is C27H34. The molecule has 0 saturated carbocycles. The minimum atomic E-state index is 0.320. The molecule has 2 aromatic carbocycles. The second kappa shape index (κ2) is 6.97. The summed E-state index contributed by atoms with van der Waals surface area (Å²) in [6.45, 7) is 11.9. The zero-order valence-electron chi connectivity index (χ0n) is 17.6. The van der Waals surface area contributed by atoms with Crippen LogP contribution in [0.15, 0.2) is 54.6 Å². The predicted octanol–water partition coefficient (Wildman–Crippen LogP) is 7.68. The number of benzene rings is 2. The van der Waals surface area contributed by atoms with Gasteiger partial charge < -0.3 is 0 Å². The number of rotatable bonds is 4. The summed E-state index contributed by atoms with van der Waals surface area (Å²) in [6.07, 6.45) is 11.2. The predicted molar refractivity (Wildman–Crippen MR) is 119 cm³/mol. The molecular weight excluding hydrogens is 324 g/mol. The Morgan fingerprint density at radius 2 is 1.78 bits per heavy atom. The van der Waals surface area contributed by atoms with Crippen LogP contribution in [0.4, 0.5) is 0 Å². The first-order chi connectivity index (χ1) is 12.9. The molecule has 0 unspecified atom stereocenters. The summed E-state index contributed by atoms with van der Waals surface area (Å²) in [4.78, 5) is 0. The molecule has 0 saturated heterocycles. The van der Waals surface area contributed by atoms with E-state index in [-0.39, 0.29) is 0 Å². The first-order valence-corrected chi connectivity index (χ1v) is 10.8. The van der Waals surface area contributed by atoms with Crippen molar-refractivity contribution in [2.24, 2.45) is 29.1 Å². The van der Waals surface area contributed by atoms with Crippen LogP contribution < -0.4 is 0 Å². The number of aryl methyl sites for hydroxylation is 1. The molecule has 142 valence electrons. The molecule has 0 heterocycles. The van der Waals surface area contributed by atoms with E-state index in [2.05, 4.69) is 89.2 Å². The second-order valence-electron chi connectivity index (χ2n) is 9.54. The molecule has 0 N–H and O–H groups in total. The van der Waals surface area contributed by atoms with Gasteiger partial charge in [-0.3, -0.25) is 0 Å². The van der Waals surface area contributed by atoms with E-state index in [1.807, 2.05) is 0 Å². The van der Waals surface area contributed by atoms with Crippen LogP contribution in [0.3, 0.4) is 0 Å². The maximum Gasteiger partial charge on any atom is -0.00325 e. The standard InChI is InChI=1S/C27H34/c1-18(2)19(3)10-11-20(4)25-14-15-26-24-13-12-21-8-6-7-9-22(21)23(24)16-17-27(25,26)5/h6-13,15,18-20,25H,14,16-17H2,1-5H3/t19-,20+,25+,27+/m0/s1. The fraction of sp³-hybridized carbons (Fsp3) is 0.481. The van der Waals surface area contributed by atoms with Gasteiger partial charge in [0.05, 0.1) is 0 Å². The lowest BCUT2D eigenvalue weighted by Crippen LogP contribution is -2.32. The molecule has 27 heavy (non-hydrogen) atoms. The fourth-order valence-corrected chi connectivity index (χ4v) is 5.42. The lowest BCUT2D eigenvalue weighted by atomic mass is 9.62. The summed E-state index contributed by atoms with van der Waals surface area (Å²) in [6, 6.07) is 13.6. The van der Waals surface area contributed by atoms with E-state index < -0.39 is 0 Å². The van der Waals surface area contributed by atoms with Crippen LogP contribution in [-0.2, 0) is 6.42 Å². The number of hydrogen-bond acceptors (Lipinski definition) is 0. The first-order valence-electron chi connectivity index (χ1n) is 10.8. The van der Waals surface area contributed by atoms with Gasteiger partial charge in [0, 0.05) is 0 Å². The number of fused-ring (bicyclic) bond motifs is 5. The molecule has 0 radical (unpaired) electrons. The first kappa shape index (κ1) is 18.5. The van der Waals surface area contributed by atoms with Crippen molar-refractivity contribution in [3.63, 3.8) is 0 Å². The second-order valence-corrected chi connectivity index (χ2v) is 9.54. The molecule has 0 bridgehead atoms. The quantitative estimate of drug-likeness (QED) is 0.492. The molecule has 2 aromatic rings. The van der Waals surface area contributed by atoms with E-state index >= 15 is 0 Å². The normalized spacial score (nSPS) is 26.9. The smallest absolute Gasteiger partial charge is 0.00325 e. The molecule has 0 fully saturated rings. The molecule has 2 aliphatic rings. The van der Waals surface area contributed by atoms with Crippen LogP contribution in [-0.4, -0.2) is 0 Å². The summed E-state index contributed by atoms with van der Waals surface area (Å²) in [5.41, 5.74) is 5.04. The van der Waals surface area contributed by atoms with Crippen molar-refractivity contribution in [2.75, 3.05) is 0 Å². The fourth-order valence-electron chi connectivity index (χ4n) is 5.42. The molecule has 4 atom stereocenters. The summed E-state index contributed by atoms with van der Waals surface area (Å²) >= 11 is 0. The Labute approximate surface area is 165 Å². The summed E-state index contributed by atoms with van der Waals surface area (Å²) in [7, 11) is 0. The van der Waals surface area contributed by atoms with Crippen molar-refractivity contribution in [3.05, 3.63) is 65.8 Å². The average Bonchev–Trinajstić information content (AvgIpc) is 3.02. The molecule has 0 amide bonds. The molecule has 0 spiro atoms. The summed E-state index contributed by atoms with van der Waals surface area (Å²) in [5.74, 6) is 2.73. The molecule has 0 heteroatoms. The average molecular weight is 359 g/mol. The van der Waals surface area contributed by atoms with E-state index in [4.69, 9.17) is 0 Å². The highest BCUT2D eigenvalue weighted by Crippen LogP contribution is 2.58. The van der Waals surface area contributed by atoms with Crippen molar-refractivity contribution in [3.8, 4) is 0 Å². The molecule has 0 aliphatic heterocycles. The maximum atomic E-state index is 2.56. The van der Waals surface area contributed by atoms with Gasteiger partial charge in [0.2, 0.25) is 0 Å². The van der Waals surface area contributed by atoms with Crippen molar-refractivity contribution in [1.82, 2.24) is 0 Å². The lowest BCUT2D eigenvalue weighted by molar-refractivity contribution is 0.217. The SMILES string of the molecule is CC(C)[C@@H](C)C=C[C@@H](C)[C@H]1CC=C2c3ccc4ccccc4c3CC[C@@]21C. The Kier molecular flexibility index (Phi) is 4.78. The van der Waals surface area contributed by atoms with E-state index in [0.717, 1.165) is 11.8 Å². The van der Waals surface area contributed by atoms with Crippen LogP contribution in [0.25, 0.3) is 16.3 Å². The zero-order chi connectivity index (χ0) is 19.2. The summed E-state index contributed by atoms with van der Waals surface area (Å²) < 4.78 is 0. The number of allylic oxidation sites excluding steroid dienone is 4. The largest absolute Gasteiger partial charge is 0.0852 e. The van der Waals surface area contributed by atoms with Crippen molar-refractivity contribution >= 4 is 16.3 Å². The van der Waals surface area contributed by atoms with E-state index in [1.165, 1.54) is 35.6 Å². The van der Waals surface area contributed by atoms with Crippen LogP contribution in [0, 0.1) is 29.1 Å². The molecule has 0 nitrogen and oxygen atoms in total. The van der Waals surface area contributed by atoms with Crippen molar-refractivity contribution in [1.29, 1.82) is 0 Å². The Balaban J connectivity index is 1.65. The summed E-state index contributed by atoms with van der Waals surface area (Å²) in [5, 5.41) is 2.84. The van der Waals surface area contributed by atoms with Crippen LogP contribution >= 0.6 is 0 Å². The lowest BCUT2D eigenvalue weighted by Gasteiger charge is -2.42. The van der Waals surface area contributed by atoms with Gasteiger partial charge in [0.1, 0.15) is 0 Å². The van der Waals surface area contributed by atoms with Gasteiger partial charge in [-0.25, -0.2) is 0 Å². The third kappa shape index (κ3) is 3.08. The molecule has 0 aromatic heterocycles. The highest BCUT2D eigenvalue weighted by atomic mass is 14.5. The maximum absolute atomic E-state index is 2.56. The van der Waals surface area contributed by atoms with Gasteiger partial charge in [0.15, 0.2) is 0 Å². The minimum absolute atomic E-state index is 0.320. The van der Waals surface area contributed by atoms with E-state index in [9.17, 15) is 0 Å². The topological polar surface area (TPSA) is 0 Å². The highest BCUT2D eigenvalue weighted by Gasteiger charge is 2.46. The van der Waals surface area contributed by atoms with Crippen molar-refractivity contribution < 1.29 is 0 Å². The van der Waals surface area contributed by atoms with Gasteiger partial charge in [-0.1, -0.05) is 89.2 Å². The zero-order valence-corrected chi connectivity index (χ0v) is 17.6. The molecule has 2 aliphatic carbocycles. The Morgan fingerprint density at radius 3 is 2.56 bits per heavy atom. The van der Waals surface area contributed by atoms with Gasteiger partial charge in [0.25, 0.3) is 0 Å². The van der Waals surface area contributed by atoms with E-state index in [0.29, 0.717) is 17.3 Å². The Hall–Kier alpha value is -1.82. The van der Waals surface area contributed by atoms with Gasteiger partial charge in [-0.05, 0) is 75.8 Å². The van der Waals surface area contributed by atoms with E-state index in [1.54, 1.807) is 11.1 Å². The van der Waals surface area contributed by atoms with Gasteiger partial charge in [-0.2, -0.15) is 0 Å². The van der Waals surface area contributed by atoms with Crippen molar-refractivity contribution in [2.45, 2.75) is 53.9 Å². The minimum Gasteiger partial charge on any atom is -0.0852 e. The van der Waals surface area contributed by atoms with Gasteiger partial charge in [-0.15, -0.1) is 0 Å². The van der Waals surface area contributed by atoms with Crippen LogP contribution in [0.5, 0.6) is 0 Å². The monoisotopic (exact) mass is 358 g/mol. The third-order valence-electron chi connectivity index (χ3n) is 7.64. The van der Waals surface area contributed by atoms with Crippen LogP contribution in [0.1, 0.15) is 58.6 Å². The van der Waals surface area contributed by atoms with Crippen LogP contribution in [0.2, 0.25) is 0 Å².